The molecule has 5 heteroatoms. The van der Waals surface area contributed by atoms with Gasteiger partial charge in [0.1, 0.15) is 12.4 Å². The molecule has 3 N–H and O–H groups in total. The number of quaternary nitrogens is 1. The quantitative estimate of drug-likeness (QED) is 0.189. The number of aliphatic carboxylic acids is 1. The average Bonchev–Trinajstić information content (AvgIpc) is 3.05. The lowest BCUT2D eigenvalue weighted by Gasteiger charge is -2.34. The molecule has 0 fully saturated rings. The molecule has 0 amide bonds. The Balaban J connectivity index is 2.11. The molecule has 0 bridgehead atoms. The van der Waals surface area contributed by atoms with E-state index in [2.05, 4.69) is 24.1 Å². The van der Waals surface area contributed by atoms with Gasteiger partial charge in [-0.05, 0) is 25.7 Å². The number of unbranched alkanes of at least 4 members (excludes halogenated alkanes) is 10. The number of nitrogens with two attached hydrogens (primary N) is 1. The van der Waals surface area contributed by atoms with E-state index >= 15 is 0 Å². The molecule has 0 radical (unpaired) electrons. The van der Waals surface area contributed by atoms with E-state index in [1.165, 1.54) is 57.8 Å². The maximum atomic E-state index is 11.2. The highest BCUT2D eigenvalue weighted by Crippen LogP contribution is 2.23. The molecule has 5 nitrogen and oxygen atoms in total. The first kappa shape index (κ1) is 24.6. The molecule has 0 aliphatic carbocycles. The highest BCUT2D eigenvalue weighted by atomic mass is 16.4. The summed E-state index contributed by atoms with van der Waals surface area (Å²) in [5.41, 5.74) is 6.08. The molecule has 160 valence electrons. The number of allylic oxidation sites excluding steroid dienone is 2. The molecular formula is C23H42N3O2+. The molecule has 0 spiro atoms. The lowest BCUT2D eigenvalue weighted by Crippen LogP contribution is -2.59. The molecule has 0 saturated heterocycles. The molecule has 2 atom stereocenters. The number of carboxylic acid groups (broad SMARTS) is 1. The van der Waals surface area contributed by atoms with Crippen molar-refractivity contribution < 1.29 is 14.4 Å². The number of carbonyl (C=O) groups is 1. The standard InChI is InChI=1S/C23H41N3O2/c1-3-4-5-6-7-8-9-10-11-12-13-14-15-16-17-22-25-18-19-26(22,21(2)24)20-23(27)28/h13-14,18-19,21H,3-12,15-17,20,24H2,1-2H3/p+1/b14-13+. The van der Waals surface area contributed by atoms with Crippen LogP contribution in [0.25, 0.3) is 0 Å². The summed E-state index contributed by atoms with van der Waals surface area (Å²) in [5.74, 6) is 0.0159. The van der Waals surface area contributed by atoms with Crippen LogP contribution in [0.3, 0.4) is 0 Å². The van der Waals surface area contributed by atoms with Gasteiger partial charge in [-0.25, -0.2) is 14.3 Å². The number of nitrogens with zero attached hydrogens (tertiary/aromatic N) is 2. The minimum absolute atomic E-state index is 0.0402. The van der Waals surface area contributed by atoms with Gasteiger partial charge in [0.25, 0.3) is 0 Å². The fourth-order valence-corrected chi connectivity index (χ4v) is 3.77. The predicted octanol–water partition coefficient (Wildman–Crippen LogP) is 5.72. The Labute approximate surface area is 172 Å². The zero-order chi connectivity index (χ0) is 20.7. The number of rotatable bonds is 17. The summed E-state index contributed by atoms with van der Waals surface area (Å²) >= 11 is 0. The van der Waals surface area contributed by atoms with Crippen LogP contribution in [0.4, 0.5) is 0 Å². The van der Waals surface area contributed by atoms with Crippen molar-refractivity contribution in [1.82, 2.24) is 0 Å². The molecule has 0 aromatic carbocycles. The number of hydrogen-bond donors (Lipinski definition) is 2. The Morgan fingerprint density at radius 2 is 1.64 bits per heavy atom. The molecule has 1 aliphatic rings. The summed E-state index contributed by atoms with van der Waals surface area (Å²) in [7, 11) is 0. The minimum Gasteiger partial charge on any atom is -0.477 e. The Bertz CT molecular complexity index is 526. The third-order valence-corrected chi connectivity index (χ3v) is 5.57. The topological polar surface area (TPSA) is 75.7 Å². The van der Waals surface area contributed by atoms with Crippen LogP contribution in [0.5, 0.6) is 0 Å². The molecule has 28 heavy (non-hydrogen) atoms. The van der Waals surface area contributed by atoms with Crippen LogP contribution in [-0.4, -0.2) is 34.1 Å². The zero-order valence-corrected chi connectivity index (χ0v) is 18.1. The largest absolute Gasteiger partial charge is 0.477 e. The Kier molecular flexibility index (Phi) is 12.8. The lowest BCUT2D eigenvalue weighted by atomic mass is 10.1. The van der Waals surface area contributed by atoms with Crippen molar-refractivity contribution in [2.75, 3.05) is 6.54 Å². The van der Waals surface area contributed by atoms with Gasteiger partial charge in [-0.2, -0.15) is 0 Å². The molecule has 0 saturated carbocycles. The summed E-state index contributed by atoms with van der Waals surface area (Å²) in [6, 6.07) is 0. The third-order valence-electron chi connectivity index (χ3n) is 5.57. The summed E-state index contributed by atoms with van der Waals surface area (Å²) in [4.78, 5) is 15.6. The molecule has 0 aromatic heterocycles. The van der Waals surface area contributed by atoms with Crippen molar-refractivity contribution >= 4 is 11.8 Å². The Morgan fingerprint density at radius 1 is 1.07 bits per heavy atom. The first-order valence-electron chi connectivity index (χ1n) is 11.3. The van der Waals surface area contributed by atoms with E-state index in [0.29, 0.717) is 0 Å². The molecule has 2 unspecified atom stereocenters. The fourth-order valence-electron chi connectivity index (χ4n) is 3.77. The normalized spacial score (nSPS) is 20.0. The Hall–Kier alpha value is -1.46. The number of hydrogen-bond acceptors (Lipinski definition) is 3. The predicted molar refractivity (Wildman–Crippen MR) is 118 cm³/mol. The van der Waals surface area contributed by atoms with E-state index in [1.807, 2.05) is 13.1 Å². The SMILES string of the molecule is CCCCCCCCCCC/C=C/CCCC1=NC=C[N+]1(CC(=O)O)C(C)N. The van der Waals surface area contributed by atoms with Crippen LogP contribution in [0, 0.1) is 0 Å². The van der Waals surface area contributed by atoms with Gasteiger partial charge < -0.3 is 5.11 Å². The summed E-state index contributed by atoms with van der Waals surface area (Å²) < 4.78 is 0.150. The third kappa shape index (κ3) is 9.16. The highest BCUT2D eigenvalue weighted by Gasteiger charge is 2.40. The molecule has 0 aromatic rings. The first-order valence-corrected chi connectivity index (χ1v) is 11.3. The van der Waals surface area contributed by atoms with Crippen LogP contribution < -0.4 is 5.73 Å². The zero-order valence-electron chi connectivity index (χ0n) is 18.1. The van der Waals surface area contributed by atoms with Crippen LogP contribution in [0.1, 0.15) is 97.3 Å². The van der Waals surface area contributed by atoms with Crippen molar-refractivity contribution in [2.45, 2.75) is 103 Å². The minimum atomic E-state index is -0.850. The van der Waals surface area contributed by atoms with E-state index in [4.69, 9.17) is 5.73 Å². The van der Waals surface area contributed by atoms with Gasteiger partial charge in [0.15, 0.2) is 6.54 Å². The summed E-state index contributed by atoms with van der Waals surface area (Å²) in [6.45, 7) is 4.07. The van der Waals surface area contributed by atoms with Crippen LogP contribution >= 0.6 is 0 Å². The first-order chi connectivity index (χ1) is 13.5. The maximum Gasteiger partial charge on any atom is 0.360 e. The van der Waals surface area contributed by atoms with Gasteiger partial charge in [0.2, 0.25) is 5.84 Å². The smallest absolute Gasteiger partial charge is 0.360 e. The second-order valence-electron chi connectivity index (χ2n) is 8.05. The van der Waals surface area contributed by atoms with E-state index in [1.54, 1.807) is 6.20 Å². The van der Waals surface area contributed by atoms with Gasteiger partial charge in [-0.1, -0.05) is 70.4 Å². The van der Waals surface area contributed by atoms with E-state index < -0.39 is 5.97 Å². The molecule has 1 rings (SSSR count). The highest BCUT2D eigenvalue weighted by molar-refractivity contribution is 5.81. The average molecular weight is 393 g/mol. The molecule has 1 aliphatic heterocycles. The monoisotopic (exact) mass is 392 g/mol. The lowest BCUT2D eigenvalue weighted by molar-refractivity contribution is -0.805. The molecule has 1 heterocycles. The van der Waals surface area contributed by atoms with E-state index in [0.717, 1.165) is 31.5 Å². The van der Waals surface area contributed by atoms with Crippen molar-refractivity contribution in [3.63, 3.8) is 0 Å². The Morgan fingerprint density at radius 3 is 2.21 bits per heavy atom. The number of amidine groups is 1. The van der Waals surface area contributed by atoms with Gasteiger partial charge in [0, 0.05) is 13.3 Å². The maximum absolute atomic E-state index is 11.2. The van der Waals surface area contributed by atoms with Gasteiger partial charge >= 0.3 is 5.97 Å². The second-order valence-corrected chi connectivity index (χ2v) is 8.05. The summed E-state index contributed by atoms with van der Waals surface area (Å²) in [6.07, 6.45) is 24.0. The van der Waals surface area contributed by atoms with Crippen LogP contribution in [0.2, 0.25) is 0 Å². The summed E-state index contributed by atoms with van der Waals surface area (Å²) in [5, 5.41) is 9.23. The fraction of sp³-hybridized carbons (Fsp3) is 0.739. The van der Waals surface area contributed by atoms with Gasteiger partial charge in [0.05, 0.1) is 6.20 Å². The van der Waals surface area contributed by atoms with Crippen molar-refractivity contribution in [3.05, 3.63) is 24.6 Å². The number of aliphatic imine (C=N–C) groups is 1. The molecular weight excluding hydrogens is 350 g/mol. The van der Waals surface area contributed by atoms with Gasteiger partial charge in [-0.15, -0.1) is 0 Å². The van der Waals surface area contributed by atoms with Crippen molar-refractivity contribution in [3.8, 4) is 0 Å². The van der Waals surface area contributed by atoms with Crippen molar-refractivity contribution in [2.24, 2.45) is 10.7 Å². The van der Waals surface area contributed by atoms with E-state index in [-0.39, 0.29) is 17.2 Å². The van der Waals surface area contributed by atoms with Gasteiger partial charge in [-0.3, -0.25) is 5.73 Å². The van der Waals surface area contributed by atoms with E-state index in [9.17, 15) is 9.90 Å². The number of carboxylic acids is 1. The van der Waals surface area contributed by atoms with Crippen LogP contribution in [0.15, 0.2) is 29.5 Å². The van der Waals surface area contributed by atoms with Crippen molar-refractivity contribution in [1.29, 1.82) is 0 Å². The van der Waals surface area contributed by atoms with Crippen LogP contribution in [-0.2, 0) is 4.79 Å². The second kappa shape index (κ2) is 14.5.